The second-order valence-corrected chi connectivity index (χ2v) is 5.97. The molecule has 0 amide bonds. The Bertz CT molecular complexity index is 725. The van der Waals surface area contributed by atoms with Gasteiger partial charge in [0.1, 0.15) is 5.58 Å². The lowest BCUT2D eigenvalue weighted by Gasteiger charge is -2.16. The van der Waals surface area contributed by atoms with Crippen molar-refractivity contribution in [3.8, 4) is 0 Å². The Hall–Kier alpha value is -1.36. The number of hydrogen-bond donors (Lipinski definition) is 1. The summed E-state index contributed by atoms with van der Waals surface area (Å²) in [5.74, 6) is 0. The minimum atomic E-state index is -0.346. The Labute approximate surface area is 127 Å². The van der Waals surface area contributed by atoms with Crippen LogP contribution >= 0.6 is 11.6 Å². The minimum Gasteiger partial charge on any atom is -0.423 e. The van der Waals surface area contributed by atoms with Crippen molar-refractivity contribution in [1.82, 2.24) is 4.90 Å². The van der Waals surface area contributed by atoms with Crippen LogP contribution in [0.25, 0.3) is 11.0 Å². The van der Waals surface area contributed by atoms with E-state index in [0.29, 0.717) is 23.7 Å². The fraction of sp³-hybridized carbons (Fsp3) is 0.438. The molecule has 1 aromatic carbocycles. The molecule has 1 fully saturated rings. The molecule has 3 rings (SSSR count). The van der Waals surface area contributed by atoms with Gasteiger partial charge < -0.3 is 9.52 Å². The van der Waals surface area contributed by atoms with Gasteiger partial charge in [-0.15, -0.1) is 0 Å². The lowest BCUT2D eigenvalue weighted by atomic mass is 10.1. The summed E-state index contributed by atoms with van der Waals surface area (Å²) in [7, 11) is 0. The second-order valence-electron chi connectivity index (χ2n) is 5.56. The SMILES string of the molecule is CCc1cc2oc(=O)cc(CN3CC[C@@H](O)C3)c2cc1Cl. The fourth-order valence-electron chi connectivity index (χ4n) is 2.89. The molecule has 2 aromatic rings. The van der Waals surface area contributed by atoms with Crippen LogP contribution in [0.5, 0.6) is 0 Å². The van der Waals surface area contributed by atoms with Crippen molar-refractivity contribution in [1.29, 1.82) is 0 Å². The predicted molar refractivity (Wildman–Crippen MR) is 82.8 cm³/mol. The Morgan fingerprint density at radius 1 is 1.38 bits per heavy atom. The number of benzene rings is 1. The maximum Gasteiger partial charge on any atom is 0.336 e. The summed E-state index contributed by atoms with van der Waals surface area (Å²) < 4.78 is 5.30. The van der Waals surface area contributed by atoms with Crippen LogP contribution in [-0.4, -0.2) is 29.2 Å². The van der Waals surface area contributed by atoms with E-state index in [0.717, 1.165) is 35.9 Å². The number of likely N-dealkylation sites (tertiary alicyclic amines) is 1. The van der Waals surface area contributed by atoms with E-state index in [1.54, 1.807) is 0 Å². The number of hydrogen-bond acceptors (Lipinski definition) is 4. The Kier molecular flexibility index (Phi) is 4.02. The summed E-state index contributed by atoms with van der Waals surface area (Å²) in [5.41, 5.74) is 2.11. The highest BCUT2D eigenvalue weighted by atomic mass is 35.5. The fourth-order valence-corrected chi connectivity index (χ4v) is 3.18. The van der Waals surface area contributed by atoms with Crippen LogP contribution in [0, 0.1) is 0 Å². The van der Waals surface area contributed by atoms with Gasteiger partial charge in [0.15, 0.2) is 0 Å². The lowest BCUT2D eigenvalue weighted by Crippen LogP contribution is -2.22. The van der Waals surface area contributed by atoms with Crippen LogP contribution in [0.2, 0.25) is 5.02 Å². The van der Waals surface area contributed by atoms with Crippen LogP contribution in [-0.2, 0) is 13.0 Å². The molecule has 0 saturated carbocycles. The van der Waals surface area contributed by atoms with Crippen molar-refractivity contribution < 1.29 is 9.52 Å². The molecule has 1 aromatic heterocycles. The van der Waals surface area contributed by atoms with E-state index < -0.39 is 0 Å². The predicted octanol–water partition coefficient (Wildman–Crippen LogP) is 2.58. The topological polar surface area (TPSA) is 53.7 Å². The van der Waals surface area contributed by atoms with E-state index in [2.05, 4.69) is 4.90 Å². The second kappa shape index (κ2) is 5.79. The van der Waals surface area contributed by atoms with Gasteiger partial charge in [-0.25, -0.2) is 4.79 Å². The van der Waals surface area contributed by atoms with E-state index in [1.165, 1.54) is 6.07 Å². The van der Waals surface area contributed by atoms with Gasteiger partial charge in [0.2, 0.25) is 0 Å². The highest BCUT2D eigenvalue weighted by Crippen LogP contribution is 2.27. The van der Waals surface area contributed by atoms with Gasteiger partial charge >= 0.3 is 5.63 Å². The van der Waals surface area contributed by atoms with Crippen LogP contribution in [0.3, 0.4) is 0 Å². The van der Waals surface area contributed by atoms with Gasteiger partial charge in [-0.2, -0.15) is 0 Å². The van der Waals surface area contributed by atoms with E-state index in [9.17, 15) is 9.90 Å². The minimum absolute atomic E-state index is 0.272. The summed E-state index contributed by atoms with van der Waals surface area (Å²) in [6.45, 7) is 4.12. The molecular formula is C16H18ClNO3. The summed E-state index contributed by atoms with van der Waals surface area (Å²) in [4.78, 5) is 13.9. The molecule has 0 aliphatic carbocycles. The number of aliphatic hydroxyl groups is 1. The van der Waals surface area contributed by atoms with Gasteiger partial charge in [-0.05, 0) is 36.1 Å². The van der Waals surface area contributed by atoms with Gasteiger partial charge in [0.05, 0.1) is 6.10 Å². The first-order valence-corrected chi connectivity index (χ1v) is 7.60. The third kappa shape index (κ3) is 2.98. The molecular weight excluding hydrogens is 290 g/mol. The molecule has 5 heteroatoms. The van der Waals surface area contributed by atoms with Crippen molar-refractivity contribution in [2.75, 3.05) is 13.1 Å². The summed E-state index contributed by atoms with van der Waals surface area (Å²) in [6.07, 6.45) is 1.30. The third-order valence-electron chi connectivity index (χ3n) is 4.02. The Morgan fingerprint density at radius 2 is 2.19 bits per heavy atom. The Balaban J connectivity index is 2.04. The van der Waals surface area contributed by atoms with Gasteiger partial charge in [0, 0.05) is 36.1 Å². The van der Waals surface area contributed by atoms with E-state index in [1.807, 2.05) is 19.1 Å². The standard InChI is InChI=1S/C16H18ClNO3/c1-2-10-5-15-13(7-14(10)17)11(6-16(20)21-15)8-18-4-3-12(19)9-18/h5-7,12,19H,2-4,8-9H2,1H3/t12-/m1/s1. The van der Waals surface area contributed by atoms with Gasteiger partial charge in [-0.1, -0.05) is 18.5 Å². The van der Waals surface area contributed by atoms with E-state index >= 15 is 0 Å². The maximum atomic E-state index is 11.8. The summed E-state index contributed by atoms with van der Waals surface area (Å²) in [6, 6.07) is 5.25. The molecule has 0 radical (unpaired) electrons. The van der Waals surface area contributed by atoms with Crippen LogP contribution < -0.4 is 5.63 Å². The third-order valence-corrected chi connectivity index (χ3v) is 4.37. The zero-order valence-corrected chi connectivity index (χ0v) is 12.7. The quantitative estimate of drug-likeness (QED) is 0.886. The number of rotatable bonds is 3. The number of aryl methyl sites for hydroxylation is 1. The number of halogens is 1. The highest BCUT2D eigenvalue weighted by Gasteiger charge is 2.21. The van der Waals surface area contributed by atoms with Crippen LogP contribution in [0.15, 0.2) is 27.4 Å². The summed E-state index contributed by atoms with van der Waals surface area (Å²) >= 11 is 6.28. The van der Waals surface area contributed by atoms with Crippen molar-refractivity contribution in [3.63, 3.8) is 0 Å². The smallest absolute Gasteiger partial charge is 0.336 e. The van der Waals surface area contributed by atoms with Crippen molar-refractivity contribution in [2.24, 2.45) is 0 Å². The summed E-state index contributed by atoms with van der Waals surface area (Å²) in [5, 5.41) is 11.2. The molecule has 0 bridgehead atoms. The number of nitrogens with zero attached hydrogens (tertiary/aromatic N) is 1. The zero-order valence-electron chi connectivity index (χ0n) is 11.9. The number of β-amino-alcohol motifs (C(OH)–C–C–N with tert-alkyl or cyclic N) is 1. The first-order valence-electron chi connectivity index (χ1n) is 7.22. The molecule has 1 N–H and O–H groups in total. The molecule has 1 aliphatic heterocycles. The van der Waals surface area contributed by atoms with Crippen molar-refractivity contribution in [3.05, 3.63) is 44.8 Å². The highest BCUT2D eigenvalue weighted by molar-refractivity contribution is 6.32. The molecule has 112 valence electrons. The normalized spacial score (nSPS) is 19.5. The van der Waals surface area contributed by atoms with E-state index in [-0.39, 0.29) is 11.7 Å². The molecule has 0 unspecified atom stereocenters. The Morgan fingerprint density at radius 3 is 2.86 bits per heavy atom. The first-order chi connectivity index (χ1) is 10.1. The number of fused-ring (bicyclic) bond motifs is 1. The maximum absolute atomic E-state index is 11.8. The first kappa shape index (κ1) is 14.6. The molecule has 0 spiro atoms. The molecule has 4 nitrogen and oxygen atoms in total. The average molecular weight is 308 g/mol. The largest absolute Gasteiger partial charge is 0.423 e. The van der Waals surface area contributed by atoms with Crippen LogP contribution in [0.1, 0.15) is 24.5 Å². The molecule has 2 heterocycles. The van der Waals surface area contributed by atoms with Crippen LogP contribution in [0.4, 0.5) is 0 Å². The molecule has 1 saturated heterocycles. The van der Waals surface area contributed by atoms with Gasteiger partial charge in [0.25, 0.3) is 0 Å². The monoisotopic (exact) mass is 307 g/mol. The molecule has 1 atom stereocenters. The van der Waals surface area contributed by atoms with Gasteiger partial charge in [-0.3, -0.25) is 4.90 Å². The number of aliphatic hydroxyl groups excluding tert-OH is 1. The zero-order chi connectivity index (χ0) is 15.0. The van der Waals surface area contributed by atoms with E-state index in [4.69, 9.17) is 16.0 Å². The van der Waals surface area contributed by atoms with Crippen molar-refractivity contribution in [2.45, 2.75) is 32.4 Å². The molecule has 1 aliphatic rings. The lowest BCUT2D eigenvalue weighted by molar-refractivity contribution is 0.175. The molecule has 21 heavy (non-hydrogen) atoms. The average Bonchev–Trinajstić information content (AvgIpc) is 2.84. The van der Waals surface area contributed by atoms with Crippen molar-refractivity contribution >= 4 is 22.6 Å².